The molecule has 15 heavy (non-hydrogen) atoms. The first-order valence-electron chi connectivity index (χ1n) is 4.94. The Kier molecular flexibility index (Phi) is 2.99. The molecule has 0 aliphatic carbocycles. The Morgan fingerprint density at radius 1 is 1.40 bits per heavy atom. The first-order chi connectivity index (χ1) is 7.33. The summed E-state index contributed by atoms with van der Waals surface area (Å²) in [5, 5.41) is 16.6. The van der Waals surface area contributed by atoms with Crippen molar-refractivity contribution in [1.82, 2.24) is 4.90 Å². The molecule has 80 valence electrons. The van der Waals surface area contributed by atoms with Crippen molar-refractivity contribution in [3.63, 3.8) is 0 Å². The lowest BCUT2D eigenvalue weighted by atomic mass is 10.2. The van der Waals surface area contributed by atoms with E-state index in [1.165, 1.54) is 0 Å². The van der Waals surface area contributed by atoms with Crippen molar-refractivity contribution >= 4 is 5.84 Å². The third kappa shape index (κ3) is 2.00. The van der Waals surface area contributed by atoms with E-state index in [9.17, 15) is 0 Å². The van der Waals surface area contributed by atoms with Gasteiger partial charge in [0, 0.05) is 12.1 Å². The molecule has 1 unspecified atom stereocenters. The lowest BCUT2D eigenvalue weighted by Crippen LogP contribution is -2.30. The average molecular weight is 206 g/mol. The van der Waals surface area contributed by atoms with Crippen LogP contribution in [0.2, 0.25) is 0 Å². The van der Waals surface area contributed by atoms with Crippen LogP contribution in [-0.2, 0) is 4.74 Å². The molecular formula is C11H14N2O2. The minimum atomic E-state index is -0.217. The van der Waals surface area contributed by atoms with Crippen molar-refractivity contribution in [2.75, 3.05) is 19.8 Å². The van der Waals surface area contributed by atoms with Gasteiger partial charge < -0.3 is 14.7 Å². The second-order valence-corrected chi connectivity index (χ2v) is 3.44. The van der Waals surface area contributed by atoms with Crippen molar-refractivity contribution in [3.05, 3.63) is 35.9 Å². The molecule has 0 radical (unpaired) electrons. The number of amidine groups is 1. The molecule has 2 N–H and O–H groups in total. The Hall–Kier alpha value is -1.39. The highest BCUT2D eigenvalue weighted by Gasteiger charge is 2.29. The maximum atomic E-state index is 8.92. The normalized spacial score (nSPS) is 21.0. The monoisotopic (exact) mass is 206 g/mol. The van der Waals surface area contributed by atoms with E-state index in [1.54, 1.807) is 4.90 Å². The van der Waals surface area contributed by atoms with Gasteiger partial charge in [0.2, 0.25) is 0 Å². The van der Waals surface area contributed by atoms with Crippen molar-refractivity contribution in [2.24, 2.45) is 0 Å². The Morgan fingerprint density at radius 3 is 2.80 bits per heavy atom. The second kappa shape index (κ2) is 4.42. The number of aliphatic hydroxyl groups excluding tert-OH is 1. The average Bonchev–Trinajstić information content (AvgIpc) is 2.63. The summed E-state index contributed by atoms with van der Waals surface area (Å²) < 4.78 is 5.51. The van der Waals surface area contributed by atoms with Crippen LogP contribution in [-0.4, -0.2) is 35.6 Å². The number of hydrogen-bond acceptors (Lipinski definition) is 3. The minimum absolute atomic E-state index is 0.0368. The van der Waals surface area contributed by atoms with Crippen LogP contribution in [0.4, 0.5) is 0 Å². The summed E-state index contributed by atoms with van der Waals surface area (Å²) >= 11 is 0. The third-order valence-electron chi connectivity index (χ3n) is 2.43. The molecule has 1 heterocycles. The van der Waals surface area contributed by atoms with Crippen molar-refractivity contribution in [2.45, 2.75) is 6.23 Å². The summed E-state index contributed by atoms with van der Waals surface area (Å²) in [5.74, 6) is 0.429. The smallest absolute Gasteiger partial charge is 0.158 e. The molecule has 0 bridgehead atoms. The minimum Gasteiger partial charge on any atom is -0.395 e. The molecule has 1 aromatic rings. The Labute approximate surface area is 88.6 Å². The second-order valence-electron chi connectivity index (χ2n) is 3.44. The first kappa shape index (κ1) is 10.1. The van der Waals surface area contributed by atoms with Gasteiger partial charge in [0.1, 0.15) is 12.4 Å². The molecule has 1 atom stereocenters. The molecule has 1 saturated heterocycles. The van der Waals surface area contributed by atoms with Gasteiger partial charge in [-0.3, -0.25) is 5.41 Å². The van der Waals surface area contributed by atoms with Gasteiger partial charge in [0.25, 0.3) is 0 Å². The SMILES string of the molecule is N=C1COC(c2ccccc2)N1CCO. The van der Waals surface area contributed by atoms with Crippen LogP contribution in [0.15, 0.2) is 30.3 Å². The summed E-state index contributed by atoms with van der Waals surface area (Å²) in [6.07, 6.45) is -0.217. The quantitative estimate of drug-likeness (QED) is 0.775. The fourth-order valence-electron chi connectivity index (χ4n) is 1.73. The van der Waals surface area contributed by atoms with E-state index in [0.717, 1.165) is 5.56 Å². The molecule has 1 aliphatic heterocycles. The van der Waals surface area contributed by atoms with Gasteiger partial charge in [-0.2, -0.15) is 0 Å². The van der Waals surface area contributed by atoms with Gasteiger partial charge in [-0.25, -0.2) is 0 Å². The number of aliphatic hydroxyl groups is 1. The highest BCUT2D eigenvalue weighted by Crippen LogP contribution is 2.26. The molecule has 0 amide bonds. The number of ether oxygens (including phenoxy) is 1. The first-order valence-corrected chi connectivity index (χ1v) is 4.94. The Morgan fingerprint density at radius 2 is 2.13 bits per heavy atom. The predicted molar refractivity (Wildman–Crippen MR) is 56.7 cm³/mol. The van der Waals surface area contributed by atoms with Crippen molar-refractivity contribution in [3.8, 4) is 0 Å². The van der Waals surface area contributed by atoms with Crippen LogP contribution in [0.5, 0.6) is 0 Å². The van der Waals surface area contributed by atoms with Crippen LogP contribution in [0.25, 0.3) is 0 Å². The number of nitrogens with zero attached hydrogens (tertiary/aromatic N) is 1. The summed E-state index contributed by atoms with van der Waals surface area (Å²) in [5.41, 5.74) is 1.02. The largest absolute Gasteiger partial charge is 0.395 e. The van der Waals surface area contributed by atoms with Gasteiger partial charge >= 0.3 is 0 Å². The van der Waals surface area contributed by atoms with E-state index in [2.05, 4.69) is 0 Å². The summed E-state index contributed by atoms with van der Waals surface area (Å²) in [7, 11) is 0. The highest BCUT2D eigenvalue weighted by molar-refractivity contribution is 5.82. The number of nitrogens with one attached hydrogen (secondary N) is 1. The molecule has 4 heteroatoms. The van der Waals surface area contributed by atoms with Crippen LogP contribution in [0.1, 0.15) is 11.8 Å². The van der Waals surface area contributed by atoms with Crippen molar-refractivity contribution in [1.29, 1.82) is 5.41 Å². The van der Waals surface area contributed by atoms with Crippen LogP contribution >= 0.6 is 0 Å². The highest BCUT2D eigenvalue weighted by atomic mass is 16.5. The van der Waals surface area contributed by atoms with Crippen LogP contribution in [0, 0.1) is 5.41 Å². The van der Waals surface area contributed by atoms with E-state index >= 15 is 0 Å². The molecule has 1 aliphatic rings. The van der Waals surface area contributed by atoms with E-state index < -0.39 is 0 Å². The van der Waals surface area contributed by atoms with Gasteiger partial charge in [-0.1, -0.05) is 30.3 Å². The Balaban J connectivity index is 2.18. The molecular weight excluding hydrogens is 192 g/mol. The molecule has 0 aromatic heterocycles. The van der Waals surface area contributed by atoms with Gasteiger partial charge in [0.05, 0.1) is 6.61 Å². The maximum Gasteiger partial charge on any atom is 0.158 e. The predicted octanol–water partition coefficient (Wildman–Crippen LogP) is 0.987. The zero-order valence-corrected chi connectivity index (χ0v) is 8.39. The number of rotatable bonds is 3. The molecule has 0 spiro atoms. The van der Waals surface area contributed by atoms with E-state index in [1.807, 2.05) is 30.3 Å². The number of hydrogen-bond donors (Lipinski definition) is 2. The maximum absolute atomic E-state index is 8.92. The van der Waals surface area contributed by atoms with Gasteiger partial charge in [-0.05, 0) is 0 Å². The zero-order valence-electron chi connectivity index (χ0n) is 8.39. The van der Waals surface area contributed by atoms with Crippen LogP contribution in [0.3, 0.4) is 0 Å². The lowest BCUT2D eigenvalue weighted by Gasteiger charge is -2.23. The van der Waals surface area contributed by atoms with Crippen LogP contribution < -0.4 is 0 Å². The fraction of sp³-hybridized carbons (Fsp3) is 0.364. The van der Waals surface area contributed by atoms with Gasteiger partial charge in [0.15, 0.2) is 6.23 Å². The molecule has 1 aromatic carbocycles. The van der Waals surface area contributed by atoms with Gasteiger partial charge in [-0.15, -0.1) is 0 Å². The molecule has 0 saturated carbocycles. The Bertz CT molecular complexity index is 340. The molecule has 2 rings (SSSR count). The van der Waals surface area contributed by atoms with E-state index in [4.69, 9.17) is 15.3 Å². The number of β-amino-alcohol motifs (C(OH)–C–C–N with tert-alkyl or cyclic N) is 1. The van der Waals surface area contributed by atoms with E-state index in [0.29, 0.717) is 19.0 Å². The summed E-state index contributed by atoms with van der Waals surface area (Å²) in [6, 6.07) is 9.76. The zero-order chi connectivity index (χ0) is 10.7. The van der Waals surface area contributed by atoms with Crippen molar-refractivity contribution < 1.29 is 9.84 Å². The fourth-order valence-corrected chi connectivity index (χ4v) is 1.73. The standard InChI is InChI=1S/C11H14N2O2/c12-10-8-15-11(13(10)6-7-14)9-4-2-1-3-5-9/h1-5,11-12,14H,6-8H2. The molecule has 4 nitrogen and oxygen atoms in total. The summed E-state index contributed by atoms with van der Waals surface area (Å²) in [6.45, 7) is 0.799. The third-order valence-corrected chi connectivity index (χ3v) is 2.43. The number of benzene rings is 1. The van der Waals surface area contributed by atoms with E-state index in [-0.39, 0.29) is 12.8 Å². The summed E-state index contributed by atoms with van der Waals surface area (Å²) in [4.78, 5) is 1.77. The topological polar surface area (TPSA) is 56.5 Å². The molecule has 1 fully saturated rings. The lowest BCUT2D eigenvalue weighted by molar-refractivity contribution is 0.0300.